The molecule has 0 unspecified atom stereocenters. The normalized spacial score (nSPS) is 26.4. The summed E-state index contributed by atoms with van der Waals surface area (Å²) in [6.45, 7) is 2.32. The van der Waals surface area contributed by atoms with E-state index in [0.29, 0.717) is 12.1 Å². The van der Waals surface area contributed by atoms with Gasteiger partial charge in [0.25, 0.3) is 5.91 Å². The Labute approximate surface area is 197 Å². The van der Waals surface area contributed by atoms with Crippen LogP contribution in [0.15, 0.2) is 34.2 Å². The molecule has 2 aliphatic heterocycles. The second-order valence-corrected chi connectivity index (χ2v) is 10.9. The van der Waals surface area contributed by atoms with Crippen molar-refractivity contribution in [2.24, 2.45) is 4.99 Å². The van der Waals surface area contributed by atoms with Gasteiger partial charge in [0.1, 0.15) is 0 Å². The molecule has 2 saturated carbocycles. The van der Waals surface area contributed by atoms with Gasteiger partial charge in [-0.2, -0.15) is 0 Å². The molecule has 4 nitrogen and oxygen atoms in total. The van der Waals surface area contributed by atoms with Crippen LogP contribution in [0.2, 0.25) is 0 Å². The minimum Gasteiger partial charge on any atom is -0.372 e. The van der Waals surface area contributed by atoms with Crippen LogP contribution in [0.4, 0.5) is 5.69 Å². The molecule has 4 aliphatic rings. The first-order valence-electron chi connectivity index (χ1n) is 12.9. The third-order valence-corrected chi connectivity index (χ3v) is 8.55. The van der Waals surface area contributed by atoms with Gasteiger partial charge in [-0.3, -0.25) is 14.7 Å². The quantitative estimate of drug-likeness (QED) is 0.483. The second-order valence-electron chi connectivity index (χ2n) is 9.92. The zero-order valence-electron chi connectivity index (χ0n) is 19.3. The monoisotopic (exact) mass is 451 g/mol. The van der Waals surface area contributed by atoms with Crippen LogP contribution in [0.3, 0.4) is 0 Å². The van der Waals surface area contributed by atoms with Gasteiger partial charge < -0.3 is 4.90 Å². The second kappa shape index (κ2) is 10.5. The molecule has 0 spiro atoms. The molecule has 0 N–H and O–H groups in total. The molecule has 172 valence electrons. The Bertz CT molecular complexity index is 844. The standard InChI is InChI=1S/C27H37N3OS/c31-26-25(20-21-14-16-23(17-15-21)29-18-8-3-9-19-29)32-27(28-22-10-4-1-5-11-22)30(26)24-12-6-2-7-13-24/h14-17,20,22,24H,1-13,18-19H2/b25-20-,28-27?. The van der Waals surface area contributed by atoms with E-state index in [1.165, 1.54) is 76.3 Å². The van der Waals surface area contributed by atoms with E-state index in [0.717, 1.165) is 41.6 Å². The summed E-state index contributed by atoms with van der Waals surface area (Å²) in [7, 11) is 0. The van der Waals surface area contributed by atoms with Crippen LogP contribution in [0, 0.1) is 0 Å². The van der Waals surface area contributed by atoms with Crippen molar-refractivity contribution in [2.75, 3.05) is 18.0 Å². The number of carbonyl (C=O) groups is 1. The average molecular weight is 452 g/mol. The molecule has 0 atom stereocenters. The zero-order valence-corrected chi connectivity index (χ0v) is 20.1. The van der Waals surface area contributed by atoms with Crippen LogP contribution in [0.25, 0.3) is 6.08 Å². The summed E-state index contributed by atoms with van der Waals surface area (Å²) in [5.41, 5.74) is 2.42. The van der Waals surface area contributed by atoms with Crippen LogP contribution in [-0.4, -0.2) is 41.1 Å². The number of piperidine rings is 1. The number of thioether (sulfide) groups is 1. The Morgan fingerprint density at radius 2 is 1.44 bits per heavy atom. The molecule has 32 heavy (non-hydrogen) atoms. The van der Waals surface area contributed by atoms with Crippen molar-refractivity contribution >= 4 is 34.6 Å². The highest BCUT2D eigenvalue weighted by molar-refractivity contribution is 8.18. The Morgan fingerprint density at radius 1 is 0.812 bits per heavy atom. The lowest BCUT2D eigenvalue weighted by atomic mass is 9.94. The van der Waals surface area contributed by atoms with Crippen molar-refractivity contribution in [1.82, 2.24) is 4.90 Å². The average Bonchev–Trinajstić information content (AvgIpc) is 3.15. The molecule has 2 heterocycles. The summed E-state index contributed by atoms with van der Waals surface area (Å²) in [5, 5.41) is 0.977. The number of hydrogen-bond donors (Lipinski definition) is 0. The van der Waals surface area contributed by atoms with Gasteiger partial charge in [-0.15, -0.1) is 0 Å². The van der Waals surface area contributed by atoms with Gasteiger partial charge in [-0.05, 0) is 80.5 Å². The molecule has 2 saturated heterocycles. The highest BCUT2D eigenvalue weighted by Gasteiger charge is 2.39. The first-order chi connectivity index (χ1) is 15.8. The van der Waals surface area contributed by atoms with Crippen LogP contribution < -0.4 is 4.90 Å². The number of nitrogens with zero attached hydrogens (tertiary/aromatic N) is 3. The lowest BCUT2D eigenvalue weighted by Crippen LogP contribution is -2.41. The van der Waals surface area contributed by atoms with Gasteiger partial charge in [0, 0.05) is 24.8 Å². The number of aliphatic imine (C=N–C) groups is 1. The van der Waals surface area contributed by atoms with E-state index in [1.807, 2.05) is 0 Å². The fourth-order valence-corrected chi connectivity index (χ4v) is 6.80. The van der Waals surface area contributed by atoms with Gasteiger partial charge in [0.2, 0.25) is 0 Å². The third-order valence-electron chi connectivity index (χ3n) is 7.56. The molecule has 1 aromatic rings. The summed E-state index contributed by atoms with van der Waals surface area (Å²) in [4.78, 5) is 24.1. The molecule has 4 fully saturated rings. The molecule has 5 heteroatoms. The lowest BCUT2D eigenvalue weighted by molar-refractivity contribution is -0.124. The number of rotatable bonds is 4. The van der Waals surface area contributed by atoms with E-state index < -0.39 is 0 Å². The van der Waals surface area contributed by atoms with E-state index in [-0.39, 0.29) is 5.91 Å². The van der Waals surface area contributed by atoms with E-state index in [2.05, 4.69) is 40.1 Å². The lowest BCUT2D eigenvalue weighted by Gasteiger charge is -2.31. The van der Waals surface area contributed by atoms with Crippen molar-refractivity contribution in [2.45, 2.75) is 95.6 Å². The molecule has 0 aromatic heterocycles. The molecule has 0 bridgehead atoms. The predicted molar refractivity (Wildman–Crippen MR) is 136 cm³/mol. The zero-order chi connectivity index (χ0) is 21.8. The predicted octanol–water partition coefficient (Wildman–Crippen LogP) is 6.61. The minimum atomic E-state index is 0.177. The smallest absolute Gasteiger partial charge is 0.266 e. The van der Waals surface area contributed by atoms with E-state index in [4.69, 9.17) is 4.99 Å². The van der Waals surface area contributed by atoms with Crippen LogP contribution >= 0.6 is 11.8 Å². The Hall–Kier alpha value is -1.75. The fourth-order valence-electron chi connectivity index (χ4n) is 5.69. The minimum absolute atomic E-state index is 0.177. The van der Waals surface area contributed by atoms with Gasteiger partial charge in [-0.25, -0.2) is 0 Å². The van der Waals surface area contributed by atoms with Crippen molar-refractivity contribution in [3.05, 3.63) is 34.7 Å². The molecule has 1 amide bonds. The maximum atomic E-state index is 13.5. The first kappa shape index (κ1) is 22.1. The number of amidine groups is 1. The van der Waals surface area contributed by atoms with Crippen LogP contribution in [0.5, 0.6) is 0 Å². The number of amides is 1. The summed E-state index contributed by atoms with van der Waals surface area (Å²) in [5.74, 6) is 0.177. The van der Waals surface area contributed by atoms with E-state index >= 15 is 0 Å². The summed E-state index contributed by atoms with van der Waals surface area (Å²) in [6, 6.07) is 9.51. The summed E-state index contributed by atoms with van der Waals surface area (Å²) >= 11 is 1.62. The van der Waals surface area contributed by atoms with Gasteiger partial charge in [-0.1, -0.05) is 50.7 Å². The molecule has 0 radical (unpaired) electrons. The van der Waals surface area contributed by atoms with Gasteiger partial charge in [0.15, 0.2) is 5.17 Å². The molecular formula is C27H37N3OS. The maximum absolute atomic E-state index is 13.5. The molecular weight excluding hydrogens is 414 g/mol. The Morgan fingerprint density at radius 3 is 2.12 bits per heavy atom. The fraction of sp³-hybridized carbons (Fsp3) is 0.630. The number of hydrogen-bond acceptors (Lipinski definition) is 4. The van der Waals surface area contributed by atoms with Crippen LogP contribution in [-0.2, 0) is 4.79 Å². The van der Waals surface area contributed by atoms with Crippen molar-refractivity contribution in [1.29, 1.82) is 0 Å². The molecule has 1 aromatic carbocycles. The summed E-state index contributed by atoms with van der Waals surface area (Å²) < 4.78 is 0. The third kappa shape index (κ3) is 5.08. The van der Waals surface area contributed by atoms with Gasteiger partial charge >= 0.3 is 0 Å². The topological polar surface area (TPSA) is 35.9 Å². The molecule has 2 aliphatic carbocycles. The van der Waals surface area contributed by atoms with E-state index in [9.17, 15) is 4.79 Å². The SMILES string of the molecule is O=C1/C(=C/c2ccc(N3CCCCC3)cc2)SC(=NC2CCCCC2)N1C1CCCCC1. The van der Waals surface area contributed by atoms with Crippen LogP contribution in [0.1, 0.15) is 89.0 Å². The van der Waals surface area contributed by atoms with E-state index in [1.54, 1.807) is 11.8 Å². The Balaban J connectivity index is 1.36. The van der Waals surface area contributed by atoms with Crippen molar-refractivity contribution < 1.29 is 4.79 Å². The molecule has 5 rings (SSSR count). The maximum Gasteiger partial charge on any atom is 0.266 e. The summed E-state index contributed by atoms with van der Waals surface area (Å²) in [6.07, 6.45) is 18.2. The Kier molecular flexibility index (Phi) is 7.21. The number of benzene rings is 1. The van der Waals surface area contributed by atoms with Crippen molar-refractivity contribution in [3.8, 4) is 0 Å². The largest absolute Gasteiger partial charge is 0.372 e. The number of carbonyl (C=O) groups excluding carboxylic acids is 1. The number of anilines is 1. The first-order valence-corrected chi connectivity index (χ1v) is 13.8. The van der Waals surface area contributed by atoms with Gasteiger partial charge in [0.05, 0.1) is 10.9 Å². The van der Waals surface area contributed by atoms with Crippen molar-refractivity contribution in [3.63, 3.8) is 0 Å². The highest BCUT2D eigenvalue weighted by Crippen LogP contribution is 2.38. The highest BCUT2D eigenvalue weighted by atomic mass is 32.2.